The summed E-state index contributed by atoms with van der Waals surface area (Å²) >= 11 is 0. The number of hydrogen-bond acceptors (Lipinski definition) is 4. The van der Waals surface area contributed by atoms with Crippen molar-refractivity contribution in [2.75, 3.05) is 46.4 Å². The number of carbonyl (C=O) groups is 2. The highest BCUT2D eigenvalue weighted by atomic mass is 35.5. The number of halogens is 4. The highest BCUT2D eigenvalue weighted by Crippen LogP contribution is 2.23. The van der Waals surface area contributed by atoms with Crippen molar-refractivity contribution in [3.05, 3.63) is 0 Å². The Hall–Kier alpha value is -1.06. The number of nitrogens with zero attached hydrogens (tertiary/aromatic N) is 1. The summed E-state index contributed by atoms with van der Waals surface area (Å²) < 4.78 is 41.6. The summed E-state index contributed by atoms with van der Waals surface area (Å²) in [5.74, 6) is -1.73. The lowest BCUT2D eigenvalue weighted by atomic mass is 10.1. The molecule has 1 unspecified atom stereocenters. The molecule has 2 amide bonds. The van der Waals surface area contributed by atoms with Crippen molar-refractivity contribution in [2.24, 2.45) is 5.92 Å². The summed E-state index contributed by atoms with van der Waals surface area (Å²) in [7, 11) is 1.58. The van der Waals surface area contributed by atoms with Gasteiger partial charge in [-0.3, -0.25) is 9.59 Å². The van der Waals surface area contributed by atoms with Crippen molar-refractivity contribution < 1.29 is 27.5 Å². The Kier molecular flexibility index (Phi) is 9.38. The Morgan fingerprint density at radius 2 is 2.05 bits per heavy atom. The number of rotatable bonds is 8. The molecule has 130 valence electrons. The number of methoxy groups -OCH3 is 1. The summed E-state index contributed by atoms with van der Waals surface area (Å²) in [5.41, 5.74) is 0. The minimum Gasteiger partial charge on any atom is -0.383 e. The summed E-state index contributed by atoms with van der Waals surface area (Å²) in [6, 6.07) is 0. The van der Waals surface area contributed by atoms with Crippen LogP contribution in [0.4, 0.5) is 13.2 Å². The molecule has 22 heavy (non-hydrogen) atoms. The number of likely N-dealkylation sites (tertiary alicyclic amines) is 1. The van der Waals surface area contributed by atoms with E-state index in [1.165, 1.54) is 0 Å². The number of hydrogen-bond donors (Lipinski definition) is 2. The van der Waals surface area contributed by atoms with E-state index < -0.39 is 24.5 Å². The molecule has 0 bridgehead atoms. The smallest absolute Gasteiger partial charge is 0.383 e. The van der Waals surface area contributed by atoms with Crippen LogP contribution in [0.1, 0.15) is 6.42 Å². The van der Waals surface area contributed by atoms with Crippen molar-refractivity contribution in [1.82, 2.24) is 15.5 Å². The maximum Gasteiger partial charge on any atom is 0.406 e. The largest absolute Gasteiger partial charge is 0.406 e. The van der Waals surface area contributed by atoms with Crippen LogP contribution >= 0.6 is 12.4 Å². The molecule has 1 saturated heterocycles. The molecule has 0 radical (unpaired) electrons. The zero-order valence-corrected chi connectivity index (χ0v) is 13.1. The fourth-order valence-corrected chi connectivity index (χ4v) is 2.03. The topological polar surface area (TPSA) is 70.7 Å². The number of amides is 2. The van der Waals surface area contributed by atoms with Gasteiger partial charge in [-0.05, 0) is 0 Å². The van der Waals surface area contributed by atoms with E-state index in [1.807, 2.05) is 0 Å². The van der Waals surface area contributed by atoms with E-state index in [-0.39, 0.29) is 31.3 Å². The summed E-state index contributed by atoms with van der Waals surface area (Å²) in [6.45, 7) is 0.606. The first kappa shape index (κ1) is 20.9. The minimum absolute atomic E-state index is 0. The van der Waals surface area contributed by atoms with Crippen LogP contribution in [0, 0.1) is 5.92 Å². The third kappa shape index (κ3) is 7.81. The van der Waals surface area contributed by atoms with Crippen molar-refractivity contribution in [3.63, 3.8) is 0 Å². The first-order valence-corrected chi connectivity index (χ1v) is 6.65. The molecule has 1 fully saturated rings. The van der Waals surface area contributed by atoms with Crippen molar-refractivity contribution >= 4 is 24.2 Å². The minimum atomic E-state index is -4.44. The van der Waals surface area contributed by atoms with Crippen LogP contribution in [-0.4, -0.2) is 69.3 Å². The van der Waals surface area contributed by atoms with Gasteiger partial charge in [0.1, 0.15) is 6.54 Å². The SMILES string of the molecule is COCCNCCNC(=O)C1CC(=O)N(CC(F)(F)F)C1.Cl. The monoisotopic (exact) mass is 347 g/mol. The quantitative estimate of drug-likeness (QED) is 0.614. The molecular weight excluding hydrogens is 327 g/mol. The van der Waals surface area contributed by atoms with Gasteiger partial charge in [0.25, 0.3) is 0 Å². The van der Waals surface area contributed by atoms with Crippen LogP contribution in [-0.2, 0) is 14.3 Å². The Bertz CT molecular complexity index is 369. The Morgan fingerprint density at radius 3 is 2.64 bits per heavy atom. The number of alkyl halides is 3. The van der Waals surface area contributed by atoms with Crippen LogP contribution < -0.4 is 10.6 Å². The second kappa shape index (κ2) is 9.86. The van der Waals surface area contributed by atoms with Gasteiger partial charge in [-0.15, -0.1) is 12.4 Å². The van der Waals surface area contributed by atoms with Gasteiger partial charge in [0.05, 0.1) is 12.5 Å². The maximum absolute atomic E-state index is 12.2. The van der Waals surface area contributed by atoms with Gasteiger partial charge in [-0.2, -0.15) is 13.2 Å². The Balaban J connectivity index is 0.00000441. The number of ether oxygens (including phenoxy) is 1. The number of nitrogens with one attached hydrogen (secondary N) is 2. The zero-order valence-electron chi connectivity index (χ0n) is 12.2. The number of carbonyl (C=O) groups excluding carboxylic acids is 2. The molecule has 10 heteroatoms. The molecule has 1 aliphatic heterocycles. The standard InChI is InChI=1S/C12H20F3N3O3.ClH/c1-21-5-4-16-2-3-17-11(20)9-6-10(19)18(7-9)8-12(13,14)15;/h9,16H,2-8H2,1H3,(H,17,20);1H. The average molecular weight is 348 g/mol. The molecule has 0 aromatic carbocycles. The van der Waals surface area contributed by atoms with E-state index in [0.717, 1.165) is 0 Å². The molecular formula is C12H21ClF3N3O3. The summed E-state index contributed by atoms with van der Waals surface area (Å²) in [4.78, 5) is 23.9. The molecule has 0 spiro atoms. The van der Waals surface area contributed by atoms with Gasteiger partial charge in [0, 0.05) is 39.7 Å². The van der Waals surface area contributed by atoms with Crippen LogP contribution in [0.5, 0.6) is 0 Å². The van der Waals surface area contributed by atoms with Crippen LogP contribution in [0.2, 0.25) is 0 Å². The van der Waals surface area contributed by atoms with E-state index in [4.69, 9.17) is 4.74 Å². The lowest BCUT2D eigenvalue weighted by Crippen LogP contribution is -2.39. The highest BCUT2D eigenvalue weighted by Gasteiger charge is 2.40. The molecule has 1 rings (SSSR count). The first-order valence-electron chi connectivity index (χ1n) is 6.65. The van der Waals surface area contributed by atoms with Crippen molar-refractivity contribution in [2.45, 2.75) is 12.6 Å². The molecule has 1 heterocycles. The molecule has 0 saturated carbocycles. The van der Waals surface area contributed by atoms with Gasteiger partial charge in [0.15, 0.2) is 0 Å². The fraction of sp³-hybridized carbons (Fsp3) is 0.833. The molecule has 1 atom stereocenters. The Morgan fingerprint density at radius 1 is 1.36 bits per heavy atom. The second-order valence-electron chi connectivity index (χ2n) is 4.82. The van der Waals surface area contributed by atoms with Gasteiger partial charge in [0.2, 0.25) is 11.8 Å². The third-order valence-corrected chi connectivity index (χ3v) is 3.04. The summed E-state index contributed by atoms with van der Waals surface area (Å²) in [6.07, 6.45) is -4.61. The zero-order chi connectivity index (χ0) is 15.9. The average Bonchev–Trinajstić information content (AvgIpc) is 2.73. The first-order chi connectivity index (χ1) is 9.83. The normalized spacial score (nSPS) is 18.3. The molecule has 2 N–H and O–H groups in total. The molecule has 6 nitrogen and oxygen atoms in total. The fourth-order valence-electron chi connectivity index (χ4n) is 2.03. The second-order valence-corrected chi connectivity index (χ2v) is 4.82. The Labute approximate surface area is 133 Å². The van der Waals surface area contributed by atoms with Crippen molar-refractivity contribution in [3.8, 4) is 0 Å². The predicted molar refractivity (Wildman–Crippen MR) is 75.7 cm³/mol. The van der Waals surface area contributed by atoms with E-state index >= 15 is 0 Å². The van der Waals surface area contributed by atoms with Gasteiger partial charge < -0.3 is 20.3 Å². The van der Waals surface area contributed by atoms with Crippen LogP contribution in [0.15, 0.2) is 0 Å². The van der Waals surface area contributed by atoms with Gasteiger partial charge in [-0.25, -0.2) is 0 Å². The summed E-state index contributed by atoms with van der Waals surface area (Å²) in [5, 5.41) is 5.62. The van der Waals surface area contributed by atoms with E-state index in [0.29, 0.717) is 31.1 Å². The third-order valence-electron chi connectivity index (χ3n) is 3.04. The molecule has 0 aromatic rings. The maximum atomic E-state index is 12.2. The lowest BCUT2D eigenvalue weighted by Gasteiger charge is -2.18. The van der Waals surface area contributed by atoms with Gasteiger partial charge in [-0.1, -0.05) is 0 Å². The highest BCUT2D eigenvalue weighted by molar-refractivity contribution is 5.89. The lowest BCUT2D eigenvalue weighted by molar-refractivity contribution is -0.157. The van der Waals surface area contributed by atoms with E-state index in [9.17, 15) is 22.8 Å². The van der Waals surface area contributed by atoms with Crippen molar-refractivity contribution in [1.29, 1.82) is 0 Å². The van der Waals surface area contributed by atoms with Gasteiger partial charge >= 0.3 is 6.18 Å². The van der Waals surface area contributed by atoms with E-state index in [2.05, 4.69) is 10.6 Å². The molecule has 0 aliphatic carbocycles. The predicted octanol–water partition coefficient (Wildman–Crippen LogP) is 0.171. The van der Waals surface area contributed by atoms with Crippen LogP contribution in [0.3, 0.4) is 0 Å². The molecule has 1 aliphatic rings. The van der Waals surface area contributed by atoms with E-state index in [1.54, 1.807) is 7.11 Å². The molecule has 0 aromatic heterocycles. The van der Waals surface area contributed by atoms with Crippen LogP contribution in [0.25, 0.3) is 0 Å².